The van der Waals surface area contributed by atoms with Gasteiger partial charge in [0.2, 0.25) is 0 Å². The molecule has 0 saturated carbocycles. The van der Waals surface area contributed by atoms with Crippen molar-refractivity contribution in [3.8, 4) is 0 Å². The average molecular weight is 195 g/mol. The zero-order valence-electron chi connectivity index (χ0n) is 9.14. The van der Waals surface area contributed by atoms with E-state index in [-0.39, 0.29) is 11.0 Å². The van der Waals surface area contributed by atoms with Gasteiger partial charge in [0, 0.05) is 18.0 Å². The molecule has 1 rings (SSSR count). The van der Waals surface area contributed by atoms with Crippen LogP contribution in [0.15, 0.2) is 10.9 Å². The summed E-state index contributed by atoms with van der Waals surface area (Å²) in [5.41, 5.74) is -0.245. The lowest BCUT2D eigenvalue weighted by Gasteiger charge is -2.17. The van der Waals surface area contributed by atoms with Gasteiger partial charge in [-0.2, -0.15) is 0 Å². The summed E-state index contributed by atoms with van der Waals surface area (Å²) >= 11 is 0. The first-order chi connectivity index (χ1) is 6.43. The second kappa shape index (κ2) is 3.82. The largest absolute Gasteiger partial charge is 0.370 e. The molecule has 0 aliphatic rings. The summed E-state index contributed by atoms with van der Waals surface area (Å²) in [6, 6.07) is 1.47. The van der Waals surface area contributed by atoms with Gasteiger partial charge in [0.15, 0.2) is 0 Å². The molecule has 0 bridgehead atoms. The van der Waals surface area contributed by atoms with Crippen molar-refractivity contribution in [1.82, 2.24) is 9.97 Å². The van der Waals surface area contributed by atoms with Gasteiger partial charge in [-0.15, -0.1) is 0 Å². The Bertz CT molecular complexity index is 362. The van der Waals surface area contributed by atoms with Crippen molar-refractivity contribution >= 4 is 5.82 Å². The molecule has 78 valence electrons. The van der Waals surface area contributed by atoms with Crippen LogP contribution >= 0.6 is 0 Å². The number of aromatic nitrogens is 2. The van der Waals surface area contributed by atoms with Crippen LogP contribution in [0.1, 0.15) is 33.5 Å². The molecule has 0 spiro atoms. The zero-order valence-corrected chi connectivity index (χ0v) is 9.14. The molecule has 1 heterocycles. The number of hydrogen-bond acceptors (Lipinski definition) is 3. The normalized spacial score (nSPS) is 11.4. The summed E-state index contributed by atoms with van der Waals surface area (Å²) in [7, 11) is 0. The summed E-state index contributed by atoms with van der Waals surface area (Å²) in [6.45, 7) is 8.78. The van der Waals surface area contributed by atoms with E-state index in [1.807, 2.05) is 27.7 Å². The highest BCUT2D eigenvalue weighted by atomic mass is 16.1. The minimum atomic E-state index is -0.134. The molecular formula is C10H17N3O. The van der Waals surface area contributed by atoms with Crippen LogP contribution in [0.5, 0.6) is 0 Å². The van der Waals surface area contributed by atoms with Gasteiger partial charge in [-0.25, -0.2) is 4.98 Å². The van der Waals surface area contributed by atoms with Gasteiger partial charge in [0.25, 0.3) is 5.56 Å². The van der Waals surface area contributed by atoms with Crippen molar-refractivity contribution in [1.29, 1.82) is 0 Å². The van der Waals surface area contributed by atoms with Crippen molar-refractivity contribution in [2.45, 2.75) is 33.1 Å². The van der Waals surface area contributed by atoms with E-state index in [0.29, 0.717) is 11.6 Å². The van der Waals surface area contributed by atoms with Crippen LogP contribution in [0, 0.1) is 0 Å². The van der Waals surface area contributed by atoms with Gasteiger partial charge >= 0.3 is 0 Å². The summed E-state index contributed by atoms with van der Waals surface area (Å²) in [4.78, 5) is 18.4. The highest BCUT2D eigenvalue weighted by Gasteiger charge is 2.17. The number of H-pyrrole nitrogens is 1. The predicted octanol–water partition coefficient (Wildman–Crippen LogP) is 1.50. The molecule has 0 atom stereocenters. The molecular weight excluding hydrogens is 178 g/mol. The Morgan fingerprint density at radius 3 is 2.64 bits per heavy atom. The predicted molar refractivity (Wildman–Crippen MR) is 57.7 cm³/mol. The molecule has 0 aliphatic carbocycles. The first kappa shape index (κ1) is 10.8. The first-order valence-corrected chi connectivity index (χ1v) is 4.79. The smallest absolute Gasteiger partial charge is 0.252 e. The van der Waals surface area contributed by atoms with Crippen LogP contribution in [0.3, 0.4) is 0 Å². The van der Waals surface area contributed by atoms with Gasteiger partial charge < -0.3 is 10.3 Å². The molecule has 0 aromatic carbocycles. The van der Waals surface area contributed by atoms with Crippen molar-refractivity contribution in [3.63, 3.8) is 0 Å². The summed E-state index contributed by atoms with van der Waals surface area (Å²) in [6.07, 6.45) is 0. The standard InChI is InChI=1S/C10H17N3O/c1-5-11-7-6-8(14)13-9(12-7)10(2,3)4/h6H,5H2,1-4H3,(H2,11,12,13,14). The molecule has 1 aromatic heterocycles. The summed E-state index contributed by atoms with van der Waals surface area (Å²) in [5.74, 6) is 1.35. The van der Waals surface area contributed by atoms with Crippen molar-refractivity contribution < 1.29 is 0 Å². The number of aromatic amines is 1. The molecule has 4 heteroatoms. The number of anilines is 1. The van der Waals surface area contributed by atoms with Crippen LogP contribution in [-0.2, 0) is 5.41 Å². The number of hydrogen-bond donors (Lipinski definition) is 2. The van der Waals surface area contributed by atoms with Crippen LogP contribution in [0.4, 0.5) is 5.82 Å². The van der Waals surface area contributed by atoms with E-state index in [2.05, 4.69) is 15.3 Å². The third kappa shape index (κ3) is 2.58. The molecule has 0 unspecified atom stereocenters. The number of rotatable bonds is 2. The third-order valence-corrected chi connectivity index (χ3v) is 1.81. The van der Waals surface area contributed by atoms with E-state index in [0.717, 1.165) is 6.54 Å². The lowest BCUT2D eigenvalue weighted by Crippen LogP contribution is -2.22. The Hall–Kier alpha value is -1.32. The maximum atomic E-state index is 11.3. The molecule has 1 aromatic rings. The Balaban J connectivity index is 3.14. The Labute approximate surface area is 83.8 Å². The number of nitrogens with one attached hydrogen (secondary N) is 2. The average Bonchev–Trinajstić information content (AvgIpc) is 2.02. The molecule has 14 heavy (non-hydrogen) atoms. The molecule has 0 aliphatic heterocycles. The van der Waals surface area contributed by atoms with E-state index in [1.54, 1.807) is 0 Å². The highest BCUT2D eigenvalue weighted by molar-refractivity contribution is 5.33. The summed E-state index contributed by atoms with van der Waals surface area (Å²) < 4.78 is 0. The fraction of sp³-hybridized carbons (Fsp3) is 0.600. The van der Waals surface area contributed by atoms with E-state index in [4.69, 9.17) is 0 Å². The topological polar surface area (TPSA) is 57.8 Å². The van der Waals surface area contributed by atoms with E-state index >= 15 is 0 Å². The lowest BCUT2D eigenvalue weighted by molar-refractivity contribution is 0.543. The SMILES string of the molecule is CCNc1cc(=O)[nH]c(C(C)(C)C)n1. The van der Waals surface area contributed by atoms with Crippen LogP contribution in [0.2, 0.25) is 0 Å². The van der Waals surface area contributed by atoms with Crippen LogP contribution in [0.25, 0.3) is 0 Å². The fourth-order valence-electron chi connectivity index (χ4n) is 1.08. The minimum Gasteiger partial charge on any atom is -0.370 e. The van der Waals surface area contributed by atoms with Gasteiger partial charge in [0.1, 0.15) is 11.6 Å². The molecule has 2 N–H and O–H groups in total. The molecule has 0 saturated heterocycles. The van der Waals surface area contributed by atoms with Crippen molar-refractivity contribution in [3.05, 3.63) is 22.2 Å². The maximum absolute atomic E-state index is 11.3. The maximum Gasteiger partial charge on any atom is 0.252 e. The number of nitrogens with zero attached hydrogens (tertiary/aromatic N) is 1. The molecule has 4 nitrogen and oxygen atoms in total. The Kier molecular flexibility index (Phi) is 2.93. The second-order valence-corrected chi connectivity index (χ2v) is 4.26. The van der Waals surface area contributed by atoms with Crippen molar-refractivity contribution in [2.24, 2.45) is 0 Å². The van der Waals surface area contributed by atoms with Gasteiger partial charge in [-0.1, -0.05) is 20.8 Å². The molecule has 0 fully saturated rings. The highest BCUT2D eigenvalue weighted by Crippen LogP contribution is 2.17. The Morgan fingerprint density at radius 2 is 2.14 bits per heavy atom. The van der Waals surface area contributed by atoms with Crippen LogP contribution < -0.4 is 10.9 Å². The Morgan fingerprint density at radius 1 is 1.50 bits per heavy atom. The molecule has 0 radical (unpaired) electrons. The van der Waals surface area contributed by atoms with Gasteiger partial charge in [-0.05, 0) is 6.92 Å². The zero-order chi connectivity index (χ0) is 10.8. The van der Waals surface area contributed by atoms with Gasteiger partial charge in [-0.3, -0.25) is 4.79 Å². The van der Waals surface area contributed by atoms with Gasteiger partial charge in [0.05, 0.1) is 0 Å². The quantitative estimate of drug-likeness (QED) is 0.751. The van der Waals surface area contributed by atoms with E-state index in [9.17, 15) is 4.79 Å². The summed E-state index contributed by atoms with van der Waals surface area (Å²) in [5, 5.41) is 3.03. The fourth-order valence-corrected chi connectivity index (χ4v) is 1.08. The lowest BCUT2D eigenvalue weighted by atomic mass is 9.96. The first-order valence-electron chi connectivity index (χ1n) is 4.79. The molecule has 0 amide bonds. The van der Waals surface area contributed by atoms with Crippen LogP contribution in [-0.4, -0.2) is 16.5 Å². The van der Waals surface area contributed by atoms with E-state index in [1.165, 1.54) is 6.07 Å². The monoisotopic (exact) mass is 195 g/mol. The van der Waals surface area contributed by atoms with E-state index < -0.39 is 0 Å². The van der Waals surface area contributed by atoms with Crippen molar-refractivity contribution in [2.75, 3.05) is 11.9 Å². The second-order valence-electron chi connectivity index (χ2n) is 4.26. The minimum absolute atomic E-state index is 0.110. The third-order valence-electron chi connectivity index (χ3n) is 1.81.